The van der Waals surface area contributed by atoms with Gasteiger partial charge < -0.3 is 4.74 Å². The zero-order chi connectivity index (χ0) is 9.90. The van der Waals surface area contributed by atoms with Crippen LogP contribution in [0, 0.1) is 0 Å². The molecule has 4 nitrogen and oxygen atoms in total. The van der Waals surface area contributed by atoms with Gasteiger partial charge in [0, 0.05) is 0 Å². The number of hydrogen-bond donors (Lipinski definition) is 1. The maximum absolute atomic E-state index is 11.2. The third kappa shape index (κ3) is 3.25. The molecule has 0 atom stereocenters. The Morgan fingerprint density at radius 1 is 1.21 bits per heavy atom. The molecule has 0 fully saturated rings. The van der Waals surface area contributed by atoms with Gasteiger partial charge >= 0.3 is 29.6 Å². The van der Waals surface area contributed by atoms with Crippen LogP contribution in [0.3, 0.4) is 0 Å². The number of nitrogens with one attached hydrogen (secondary N) is 1. The van der Waals surface area contributed by atoms with E-state index in [1.54, 1.807) is 12.1 Å². The summed E-state index contributed by atoms with van der Waals surface area (Å²) in [5.41, 5.74) is 0. The first kappa shape index (κ1) is 13.9. The molecular weight excluding hydrogens is 213 g/mol. The van der Waals surface area contributed by atoms with E-state index >= 15 is 0 Å². The van der Waals surface area contributed by atoms with Crippen molar-refractivity contribution in [1.29, 1.82) is 0 Å². The van der Waals surface area contributed by atoms with Gasteiger partial charge in [0.2, 0.25) is 10.0 Å². The molecule has 0 spiro atoms. The van der Waals surface area contributed by atoms with Gasteiger partial charge in [0.25, 0.3) is 0 Å². The van der Waals surface area contributed by atoms with Crippen molar-refractivity contribution >= 4 is 39.6 Å². The van der Waals surface area contributed by atoms with Crippen molar-refractivity contribution in [3.8, 4) is 5.75 Å². The van der Waals surface area contributed by atoms with Gasteiger partial charge in [-0.15, -0.1) is 0 Å². The second-order valence-corrected chi connectivity index (χ2v) is 4.27. The zero-order valence-electron chi connectivity index (χ0n) is 7.44. The van der Waals surface area contributed by atoms with Gasteiger partial charge in [-0.1, -0.05) is 0 Å². The normalized spacial score (nSPS) is 10.4. The molecule has 14 heavy (non-hydrogen) atoms. The minimum absolute atomic E-state index is 0. The molecule has 0 saturated heterocycles. The zero-order valence-corrected chi connectivity index (χ0v) is 8.26. The standard InChI is InChI=1S/C8H11NO3S.Na.H/c1-9-13(10,11)8-5-3-7(12-2)4-6-8;;/h3-6,9H,1-2H3;;. The van der Waals surface area contributed by atoms with Crippen LogP contribution in [0.5, 0.6) is 5.75 Å². The summed E-state index contributed by atoms with van der Waals surface area (Å²) in [6.45, 7) is 0. The van der Waals surface area contributed by atoms with Crippen LogP contribution in [0.1, 0.15) is 0 Å². The van der Waals surface area contributed by atoms with Gasteiger partial charge in [-0.3, -0.25) is 0 Å². The molecule has 1 aromatic rings. The van der Waals surface area contributed by atoms with Crippen LogP contribution in [0.15, 0.2) is 29.2 Å². The molecule has 1 aromatic carbocycles. The number of rotatable bonds is 3. The van der Waals surface area contributed by atoms with Crippen LogP contribution in [0.2, 0.25) is 0 Å². The first-order valence-electron chi connectivity index (χ1n) is 3.68. The number of sulfonamides is 1. The summed E-state index contributed by atoms with van der Waals surface area (Å²) in [6.07, 6.45) is 0. The van der Waals surface area contributed by atoms with Gasteiger partial charge in [0.1, 0.15) is 5.75 Å². The Kier molecular flexibility index (Phi) is 5.70. The monoisotopic (exact) mass is 225 g/mol. The van der Waals surface area contributed by atoms with Crippen LogP contribution in [-0.4, -0.2) is 52.1 Å². The third-order valence-electron chi connectivity index (χ3n) is 1.64. The van der Waals surface area contributed by atoms with Gasteiger partial charge in [-0.2, -0.15) is 0 Å². The van der Waals surface area contributed by atoms with Gasteiger partial charge in [0.15, 0.2) is 0 Å². The van der Waals surface area contributed by atoms with Crippen molar-refractivity contribution in [1.82, 2.24) is 4.72 Å². The van der Waals surface area contributed by atoms with E-state index in [0.29, 0.717) is 5.75 Å². The molecule has 0 saturated carbocycles. The average Bonchev–Trinajstić information content (AvgIpc) is 2.18. The Morgan fingerprint density at radius 2 is 1.71 bits per heavy atom. The molecule has 0 heterocycles. The maximum atomic E-state index is 11.2. The molecule has 0 aromatic heterocycles. The summed E-state index contributed by atoms with van der Waals surface area (Å²) in [7, 11) is -0.425. The van der Waals surface area contributed by atoms with Crippen molar-refractivity contribution < 1.29 is 13.2 Å². The van der Waals surface area contributed by atoms with E-state index in [0.717, 1.165) is 0 Å². The average molecular weight is 225 g/mol. The van der Waals surface area contributed by atoms with Crippen LogP contribution in [0.25, 0.3) is 0 Å². The topological polar surface area (TPSA) is 55.4 Å². The molecule has 0 aliphatic carbocycles. The number of methoxy groups -OCH3 is 1. The molecule has 1 rings (SSSR count). The Balaban J connectivity index is 0.00000169. The molecule has 0 amide bonds. The van der Waals surface area contributed by atoms with Crippen LogP contribution < -0.4 is 9.46 Å². The van der Waals surface area contributed by atoms with E-state index < -0.39 is 10.0 Å². The predicted octanol–water partition coefficient (Wildman–Crippen LogP) is -0.0452. The van der Waals surface area contributed by atoms with Crippen molar-refractivity contribution in [2.24, 2.45) is 0 Å². The van der Waals surface area contributed by atoms with E-state index in [1.165, 1.54) is 26.3 Å². The molecule has 0 unspecified atom stereocenters. The summed E-state index contributed by atoms with van der Waals surface area (Å²) >= 11 is 0. The Bertz CT molecular complexity index is 374. The van der Waals surface area contributed by atoms with E-state index in [9.17, 15) is 8.42 Å². The van der Waals surface area contributed by atoms with Gasteiger partial charge in [-0.05, 0) is 31.3 Å². The Hall–Kier alpha value is -0.0700. The number of hydrogen-bond acceptors (Lipinski definition) is 3. The third-order valence-corrected chi connectivity index (χ3v) is 3.07. The summed E-state index contributed by atoms with van der Waals surface area (Å²) < 4.78 is 29.6. The Morgan fingerprint density at radius 3 is 2.07 bits per heavy atom. The Labute approximate surface area is 106 Å². The first-order chi connectivity index (χ1) is 6.10. The van der Waals surface area contributed by atoms with E-state index in [1.807, 2.05) is 0 Å². The first-order valence-corrected chi connectivity index (χ1v) is 5.16. The van der Waals surface area contributed by atoms with Crippen molar-refractivity contribution in [3.63, 3.8) is 0 Å². The molecule has 6 heteroatoms. The van der Waals surface area contributed by atoms with E-state index in [2.05, 4.69) is 4.72 Å². The quantitative estimate of drug-likeness (QED) is 0.734. The van der Waals surface area contributed by atoms with Gasteiger partial charge in [0.05, 0.1) is 12.0 Å². The summed E-state index contributed by atoms with van der Waals surface area (Å²) in [6, 6.07) is 6.18. The van der Waals surface area contributed by atoms with E-state index in [-0.39, 0.29) is 34.5 Å². The molecule has 1 N–H and O–H groups in total. The van der Waals surface area contributed by atoms with Crippen molar-refractivity contribution in [2.75, 3.05) is 14.2 Å². The number of benzene rings is 1. The number of ether oxygens (including phenoxy) is 1. The van der Waals surface area contributed by atoms with E-state index in [4.69, 9.17) is 4.74 Å². The SMILES string of the molecule is CNS(=O)(=O)c1ccc(OC)cc1.[NaH]. The fourth-order valence-corrected chi connectivity index (χ4v) is 1.60. The molecule has 74 valence electrons. The molecule has 0 aliphatic rings. The fourth-order valence-electron chi connectivity index (χ4n) is 0.873. The van der Waals surface area contributed by atoms with Crippen LogP contribution in [0.4, 0.5) is 0 Å². The van der Waals surface area contributed by atoms with Crippen molar-refractivity contribution in [2.45, 2.75) is 4.90 Å². The molecule has 0 radical (unpaired) electrons. The van der Waals surface area contributed by atoms with Crippen LogP contribution in [-0.2, 0) is 10.0 Å². The second-order valence-electron chi connectivity index (χ2n) is 2.38. The molecule has 0 bridgehead atoms. The van der Waals surface area contributed by atoms with Crippen molar-refractivity contribution in [3.05, 3.63) is 24.3 Å². The summed E-state index contributed by atoms with van der Waals surface area (Å²) in [5, 5.41) is 0. The summed E-state index contributed by atoms with van der Waals surface area (Å²) in [4.78, 5) is 0.232. The predicted molar refractivity (Wildman–Crippen MR) is 56.4 cm³/mol. The second kappa shape index (κ2) is 5.72. The summed E-state index contributed by atoms with van der Waals surface area (Å²) in [5.74, 6) is 0.634. The molecular formula is C8H12NNaO3S. The van der Waals surface area contributed by atoms with Crippen LogP contribution >= 0.6 is 0 Å². The minimum atomic E-state index is -3.33. The molecule has 0 aliphatic heterocycles. The fraction of sp³-hybridized carbons (Fsp3) is 0.250. The van der Waals surface area contributed by atoms with Gasteiger partial charge in [-0.25, -0.2) is 13.1 Å².